The molecule has 2 rings (SSSR count). The van der Waals surface area contributed by atoms with Crippen molar-refractivity contribution in [3.63, 3.8) is 0 Å². The van der Waals surface area contributed by atoms with Crippen LogP contribution in [0.2, 0.25) is 15.1 Å². The summed E-state index contributed by atoms with van der Waals surface area (Å²) in [5.41, 5.74) is 1.23. The quantitative estimate of drug-likeness (QED) is 0.579. The average Bonchev–Trinajstić information content (AvgIpc) is 2.72. The van der Waals surface area contributed by atoms with Gasteiger partial charge in [-0.3, -0.25) is 4.68 Å². The van der Waals surface area contributed by atoms with Crippen molar-refractivity contribution in [3.05, 3.63) is 27.2 Å². The first kappa shape index (κ1) is 16.4. The molecular formula is C14H11Cl3N2OS. The van der Waals surface area contributed by atoms with Gasteiger partial charge in [0.15, 0.2) is 0 Å². The van der Waals surface area contributed by atoms with E-state index < -0.39 is 0 Å². The van der Waals surface area contributed by atoms with Crippen LogP contribution in [0, 0.1) is 12.3 Å². The third-order valence-electron chi connectivity index (χ3n) is 2.72. The van der Waals surface area contributed by atoms with E-state index in [4.69, 9.17) is 46.0 Å². The fourth-order valence-corrected chi connectivity index (χ4v) is 3.42. The van der Waals surface area contributed by atoms with Crippen molar-refractivity contribution in [1.82, 2.24) is 9.78 Å². The van der Waals surface area contributed by atoms with Gasteiger partial charge >= 0.3 is 0 Å². The third kappa shape index (κ3) is 3.27. The van der Waals surface area contributed by atoms with Crippen LogP contribution in [0.25, 0.3) is 11.3 Å². The molecular weight excluding hydrogens is 351 g/mol. The van der Waals surface area contributed by atoms with E-state index in [9.17, 15) is 0 Å². The Morgan fingerprint density at radius 1 is 1.33 bits per heavy atom. The summed E-state index contributed by atoms with van der Waals surface area (Å²) in [6.07, 6.45) is 7.12. The molecule has 0 N–H and O–H groups in total. The molecule has 0 fully saturated rings. The Hall–Kier alpha value is -0.990. The highest BCUT2D eigenvalue weighted by atomic mass is 35.5. The molecule has 0 amide bonds. The second-order valence-corrected chi connectivity index (χ2v) is 6.04. The number of aromatic nitrogens is 2. The summed E-state index contributed by atoms with van der Waals surface area (Å²) < 4.78 is 7.10. The third-order valence-corrected chi connectivity index (χ3v) is 4.65. The first-order chi connectivity index (χ1) is 9.99. The number of terminal acetylenes is 1. The van der Waals surface area contributed by atoms with E-state index in [0.717, 1.165) is 5.03 Å². The molecule has 1 heterocycles. The van der Waals surface area contributed by atoms with E-state index in [1.807, 2.05) is 13.3 Å². The topological polar surface area (TPSA) is 27.1 Å². The fraction of sp³-hybridized carbons (Fsp3) is 0.214. The summed E-state index contributed by atoms with van der Waals surface area (Å²) >= 11 is 20.2. The van der Waals surface area contributed by atoms with Crippen LogP contribution >= 0.6 is 46.6 Å². The van der Waals surface area contributed by atoms with Gasteiger partial charge in [-0.25, -0.2) is 0 Å². The zero-order chi connectivity index (χ0) is 15.6. The van der Waals surface area contributed by atoms with Gasteiger partial charge in [0.05, 0.1) is 10.0 Å². The summed E-state index contributed by atoms with van der Waals surface area (Å²) in [6, 6.07) is 3.29. The second-order valence-electron chi connectivity index (χ2n) is 4.05. The Labute approximate surface area is 142 Å². The lowest BCUT2D eigenvalue weighted by Gasteiger charge is -2.09. The summed E-state index contributed by atoms with van der Waals surface area (Å²) in [7, 11) is 1.82. The number of rotatable bonds is 4. The molecule has 110 valence electrons. The number of hydrogen-bond donors (Lipinski definition) is 0. The van der Waals surface area contributed by atoms with Gasteiger partial charge < -0.3 is 4.74 Å². The highest BCUT2D eigenvalue weighted by molar-refractivity contribution is 7.98. The Morgan fingerprint density at radius 2 is 2.05 bits per heavy atom. The van der Waals surface area contributed by atoms with E-state index in [-0.39, 0.29) is 6.61 Å². The van der Waals surface area contributed by atoms with Crippen LogP contribution in [0.5, 0.6) is 5.75 Å². The summed E-state index contributed by atoms with van der Waals surface area (Å²) in [5, 5.41) is 6.62. The lowest BCUT2D eigenvalue weighted by molar-refractivity contribution is 0.371. The van der Waals surface area contributed by atoms with Crippen molar-refractivity contribution in [3.8, 4) is 29.4 Å². The van der Waals surface area contributed by atoms with Gasteiger partial charge in [-0.2, -0.15) is 5.10 Å². The minimum atomic E-state index is 0.118. The molecule has 0 unspecified atom stereocenters. The fourth-order valence-electron chi connectivity index (χ4n) is 1.82. The standard InChI is InChI=1S/C14H11Cl3N2OS/c1-4-5-20-11-6-8(9(15)7-10(11)16)13-12(17)14(21-3)19(2)18-13/h1,6-7H,5H2,2-3H3. The maximum atomic E-state index is 6.36. The normalized spacial score (nSPS) is 10.5. The molecule has 0 spiro atoms. The molecule has 1 aromatic heterocycles. The van der Waals surface area contributed by atoms with Crippen LogP contribution in [0.15, 0.2) is 17.2 Å². The van der Waals surface area contributed by atoms with Gasteiger partial charge in [-0.15, -0.1) is 18.2 Å². The first-order valence-corrected chi connectivity index (χ1v) is 8.17. The Morgan fingerprint density at radius 3 is 2.62 bits per heavy atom. The van der Waals surface area contributed by atoms with E-state index >= 15 is 0 Å². The van der Waals surface area contributed by atoms with Crippen molar-refractivity contribution in [2.75, 3.05) is 12.9 Å². The number of thioether (sulfide) groups is 1. The number of hydrogen-bond acceptors (Lipinski definition) is 3. The molecule has 0 aliphatic rings. The van der Waals surface area contributed by atoms with Gasteiger partial charge in [-0.1, -0.05) is 40.7 Å². The minimum Gasteiger partial charge on any atom is -0.479 e. The van der Waals surface area contributed by atoms with E-state index in [1.165, 1.54) is 11.8 Å². The van der Waals surface area contributed by atoms with E-state index in [1.54, 1.807) is 16.8 Å². The number of ether oxygens (including phenoxy) is 1. The SMILES string of the molecule is C#CCOc1cc(-c2nn(C)c(SC)c2Cl)c(Cl)cc1Cl. The van der Waals surface area contributed by atoms with Crippen LogP contribution in [-0.2, 0) is 7.05 Å². The molecule has 0 atom stereocenters. The number of halogens is 3. The van der Waals surface area contributed by atoms with E-state index in [2.05, 4.69) is 11.0 Å². The minimum absolute atomic E-state index is 0.118. The number of aryl methyl sites for hydroxylation is 1. The molecule has 0 saturated carbocycles. The van der Waals surface area contributed by atoms with Crippen LogP contribution in [0.1, 0.15) is 0 Å². The van der Waals surface area contributed by atoms with Crippen molar-refractivity contribution >= 4 is 46.6 Å². The Balaban J connectivity index is 2.56. The molecule has 0 saturated heterocycles. The summed E-state index contributed by atoms with van der Waals surface area (Å²) in [4.78, 5) is 0. The average molecular weight is 362 g/mol. The molecule has 21 heavy (non-hydrogen) atoms. The van der Waals surface area contributed by atoms with Crippen LogP contribution in [-0.4, -0.2) is 22.6 Å². The molecule has 0 aliphatic heterocycles. The molecule has 0 bridgehead atoms. The molecule has 3 nitrogen and oxygen atoms in total. The Bertz CT molecular complexity index is 722. The molecule has 1 aromatic carbocycles. The first-order valence-electron chi connectivity index (χ1n) is 5.81. The molecule has 0 aliphatic carbocycles. The molecule has 0 radical (unpaired) electrons. The van der Waals surface area contributed by atoms with Gasteiger partial charge in [0.2, 0.25) is 0 Å². The van der Waals surface area contributed by atoms with Gasteiger partial charge in [-0.05, 0) is 18.4 Å². The maximum absolute atomic E-state index is 6.36. The van der Waals surface area contributed by atoms with Crippen molar-refractivity contribution in [2.24, 2.45) is 7.05 Å². The molecule has 2 aromatic rings. The van der Waals surface area contributed by atoms with Gasteiger partial charge in [0.25, 0.3) is 0 Å². The summed E-state index contributed by atoms with van der Waals surface area (Å²) in [5.74, 6) is 2.83. The zero-order valence-corrected chi connectivity index (χ0v) is 14.4. The van der Waals surface area contributed by atoms with E-state index in [0.29, 0.717) is 32.1 Å². The number of nitrogens with zero attached hydrogens (tertiary/aromatic N) is 2. The smallest absolute Gasteiger partial charge is 0.148 e. The van der Waals surface area contributed by atoms with Crippen molar-refractivity contribution in [1.29, 1.82) is 0 Å². The zero-order valence-electron chi connectivity index (χ0n) is 11.3. The summed E-state index contributed by atoms with van der Waals surface area (Å²) in [6.45, 7) is 0.118. The highest BCUT2D eigenvalue weighted by Gasteiger charge is 2.19. The maximum Gasteiger partial charge on any atom is 0.148 e. The predicted octanol–water partition coefficient (Wildman–Crippen LogP) is 4.78. The van der Waals surface area contributed by atoms with Crippen molar-refractivity contribution in [2.45, 2.75) is 5.03 Å². The largest absolute Gasteiger partial charge is 0.479 e. The second kappa shape index (κ2) is 6.85. The monoisotopic (exact) mass is 360 g/mol. The molecule has 7 heteroatoms. The van der Waals surface area contributed by atoms with Crippen LogP contribution in [0.4, 0.5) is 0 Å². The van der Waals surface area contributed by atoms with Gasteiger partial charge in [0.1, 0.15) is 28.1 Å². The predicted molar refractivity (Wildman–Crippen MR) is 89.8 cm³/mol. The van der Waals surface area contributed by atoms with Crippen LogP contribution < -0.4 is 4.74 Å². The number of benzene rings is 1. The lowest BCUT2D eigenvalue weighted by Crippen LogP contribution is -1.96. The van der Waals surface area contributed by atoms with Crippen LogP contribution in [0.3, 0.4) is 0 Å². The Kier molecular flexibility index (Phi) is 5.34. The van der Waals surface area contributed by atoms with Crippen molar-refractivity contribution < 1.29 is 4.74 Å². The van der Waals surface area contributed by atoms with Gasteiger partial charge in [0, 0.05) is 12.6 Å². The lowest BCUT2D eigenvalue weighted by atomic mass is 10.1. The highest BCUT2D eigenvalue weighted by Crippen LogP contribution is 2.41.